The van der Waals surface area contributed by atoms with Gasteiger partial charge in [-0.15, -0.1) is 0 Å². The molecule has 0 amide bonds. The Bertz CT molecular complexity index is 1210. The molecule has 1 aliphatic carbocycles. The molecule has 1 fully saturated rings. The molecule has 2 aromatic heterocycles. The van der Waals surface area contributed by atoms with Crippen LogP contribution in [0.4, 0.5) is 0 Å². The molecule has 166 valence electrons. The van der Waals surface area contributed by atoms with Crippen LogP contribution in [-0.4, -0.2) is 19.1 Å². The summed E-state index contributed by atoms with van der Waals surface area (Å²) >= 11 is 6.21. The molecular formula is C27H31ClN4. The van der Waals surface area contributed by atoms with Crippen LogP contribution in [0, 0.1) is 11.8 Å². The summed E-state index contributed by atoms with van der Waals surface area (Å²) in [6, 6.07) is 14.8. The van der Waals surface area contributed by atoms with Gasteiger partial charge in [-0.1, -0.05) is 49.6 Å². The number of fused-ring (bicyclic) bond motifs is 1. The Morgan fingerprint density at radius 3 is 2.69 bits per heavy atom. The van der Waals surface area contributed by atoms with Crippen molar-refractivity contribution in [2.75, 3.05) is 0 Å². The van der Waals surface area contributed by atoms with Gasteiger partial charge in [0.2, 0.25) is 0 Å². The van der Waals surface area contributed by atoms with E-state index in [-0.39, 0.29) is 0 Å². The van der Waals surface area contributed by atoms with Crippen molar-refractivity contribution in [3.8, 4) is 11.4 Å². The molecule has 0 N–H and O–H groups in total. The van der Waals surface area contributed by atoms with Crippen LogP contribution < -0.4 is 0 Å². The zero-order valence-corrected chi connectivity index (χ0v) is 19.7. The first-order valence-electron chi connectivity index (χ1n) is 11.9. The third kappa shape index (κ3) is 4.33. The predicted molar refractivity (Wildman–Crippen MR) is 132 cm³/mol. The molecule has 1 saturated carbocycles. The summed E-state index contributed by atoms with van der Waals surface area (Å²) < 4.78 is 4.48. The number of hydrogen-bond acceptors (Lipinski definition) is 2. The second kappa shape index (κ2) is 9.11. The fourth-order valence-corrected chi connectivity index (χ4v) is 5.36. The zero-order chi connectivity index (χ0) is 22.1. The molecule has 0 saturated heterocycles. The van der Waals surface area contributed by atoms with E-state index >= 15 is 0 Å². The summed E-state index contributed by atoms with van der Waals surface area (Å²) in [5.41, 5.74) is 4.76. The monoisotopic (exact) mass is 446 g/mol. The van der Waals surface area contributed by atoms with E-state index in [9.17, 15) is 0 Å². The minimum Gasteiger partial charge on any atom is -0.327 e. The van der Waals surface area contributed by atoms with E-state index in [1.165, 1.54) is 43.2 Å². The van der Waals surface area contributed by atoms with Crippen LogP contribution in [0.15, 0.2) is 54.9 Å². The molecule has 5 heteroatoms. The van der Waals surface area contributed by atoms with E-state index in [2.05, 4.69) is 46.2 Å². The van der Waals surface area contributed by atoms with Gasteiger partial charge in [0.15, 0.2) is 0 Å². The van der Waals surface area contributed by atoms with Crippen molar-refractivity contribution in [2.45, 2.75) is 59.0 Å². The van der Waals surface area contributed by atoms with Crippen molar-refractivity contribution in [3.63, 3.8) is 0 Å². The number of aromatic nitrogens is 4. The molecule has 2 aromatic carbocycles. The summed E-state index contributed by atoms with van der Waals surface area (Å²) in [6.07, 6.45) is 10.5. The van der Waals surface area contributed by atoms with Gasteiger partial charge in [-0.05, 0) is 67.9 Å². The van der Waals surface area contributed by atoms with Crippen LogP contribution in [0.3, 0.4) is 0 Å². The minimum atomic E-state index is 0.681. The Morgan fingerprint density at radius 2 is 1.91 bits per heavy atom. The zero-order valence-electron chi connectivity index (χ0n) is 19.0. The van der Waals surface area contributed by atoms with Crippen LogP contribution in [0.2, 0.25) is 5.02 Å². The molecule has 5 rings (SSSR count). The molecule has 4 aromatic rings. The highest BCUT2D eigenvalue weighted by Crippen LogP contribution is 2.31. The lowest BCUT2D eigenvalue weighted by Crippen LogP contribution is -2.14. The molecule has 4 nitrogen and oxygen atoms in total. The summed E-state index contributed by atoms with van der Waals surface area (Å²) in [4.78, 5) is 9.65. The van der Waals surface area contributed by atoms with Gasteiger partial charge in [-0.3, -0.25) is 0 Å². The average Bonchev–Trinajstić information content (AvgIpc) is 3.39. The fourth-order valence-electron chi connectivity index (χ4n) is 5.17. The summed E-state index contributed by atoms with van der Waals surface area (Å²) in [5.74, 6) is 3.70. The first-order valence-corrected chi connectivity index (χ1v) is 12.2. The van der Waals surface area contributed by atoms with E-state index in [1.807, 2.05) is 36.7 Å². The van der Waals surface area contributed by atoms with Crippen molar-refractivity contribution in [1.29, 1.82) is 0 Å². The molecule has 32 heavy (non-hydrogen) atoms. The maximum atomic E-state index is 6.21. The summed E-state index contributed by atoms with van der Waals surface area (Å²) in [6.45, 7) is 6.15. The quantitative estimate of drug-likeness (QED) is 0.320. The molecule has 2 heterocycles. The molecule has 0 aliphatic heterocycles. The van der Waals surface area contributed by atoms with Gasteiger partial charge in [-0.2, -0.15) is 0 Å². The van der Waals surface area contributed by atoms with Gasteiger partial charge in [0.1, 0.15) is 11.6 Å². The van der Waals surface area contributed by atoms with Crippen molar-refractivity contribution in [2.24, 2.45) is 11.8 Å². The van der Waals surface area contributed by atoms with E-state index in [4.69, 9.17) is 16.6 Å². The molecule has 0 spiro atoms. The van der Waals surface area contributed by atoms with Crippen LogP contribution in [0.5, 0.6) is 0 Å². The molecule has 0 bridgehead atoms. The SMILES string of the molecule is CCn1c(Cn2ccnc2-c2cccc(Cl)c2)nc2cc(CC3CCC(C)CC3)ccc21. The first kappa shape index (κ1) is 21.3. The second-order valence-electron chi connectivity index (χ2n) is 9.31. The Labute approximate surface area is 195 Å². The lowest BCUT2D eigenvalue weighted by Gasteiger charge is -2.26. The Hall–Kier alpha value is -2.59. The Balaban J connectivity index is 1.42. The number of halogens is 1. The number of benzene rings is 2. The number of rotatable bonds is 6. The van der Waals surface area contributed by atoms with Gasteiger partial charge < -0.3 is 9.13 Å². The number of nitrogens with zero attached hydrogens (tertiary/aromatic N) is 4. The Morgan fingerprint density at radius 1 is 1.06 bits per heavy atom. The van der Waals surface area contributed by atoms with Crippen LogP contribution >= 0.6 is 11.6 Å². The number of imidazole rings is 2. The standard InChI is InChI=1S/C27H31ClN4/c1-3-32-25-12-11-21(15-20-9-7-19(2)8-10-20)16-24(25)30-26(32)18-31-14-13-29-27(31)22-5-4-6-23(28)17-22/h4-6,11-14,16-17,19-20H,3,7-10,15,18H2,1-2H3. The van der Waals surface area contributed by atoms with E-state index < -0.39 is 0 Å². The smallest absolute Gasteiger partial charge is 0.140 e. The van der Waals surface area contributed by atoms with Gasteiger partial charge in [0.25, 0.3) is 0 Å². The highest BCUT2D eigenvalue weighted by molar-refractivity contribution is 6.30. The van der Waals surface area contributed by atoms with Crippen LogP contribution in [0.25, 0.3) is 22.4 Å². The lowest BCUT2D eigenvalue weighted by molar-refractivity contribution is 0.289. The van der Waals surface area contributed by atoms with Crippen molar-refractivity contribution >= 4 is 22.6 Å². The highest BCUT2D eigenvalue weighted by Gasteiger charge is 2.19. The molecule has 0 atom stereocenters. The van der Waals surface area contributed by atoms with Gasteiger partial charge in [-0.25, -0.2) is 9.97 Å². The van der Waals surface area contributed by atoms with Crippen molar-refractivity contribution in [1.82, 2.24) is 19.1 Å². The molecule has 1 aliphatic rings. The maximum absolute atomic E-state index is 6.21. The Kier molecular flexibility index (Phi) is 6.05. The maximum Gasteiger partial charge on any atom is 0.140 e. The number of aryl methyl sites for hydroxylation is 1. The minimum absolute atomic E-state index is 0.681. The van der Waals surface area contributed by atoms with E-state index in [1.54, 1.807) is 0 Å². The molecule has 0 unspecified atom stereocenters. The van der Waals surface area contributed by atoms with Gasteiger partial charge in [0, 0.05) is 29.5 Å². The third-order valence-corrected chi connectivity index (χ3v) is 7.21. The van der Waals surface area contributed by atoms with Crippen LogP contribution in [0.1, 0.15) is 50.9 Å². The molecule has 0 radical (unpaired) electrons. The van der Waals surface area contributed by atoms with Crippen molar-refractivity contribution in [3.05, 3.63) is 71.3 Å². The average molecular weight is 447 g/mol. The van der Waals surface area contributed by atoms with Gasteiger partial charge >= 0.3 is 0 Å². The van der Waals surface area contributed by atoms with E-state index in [0.29, 0.717) is 6.54 Å². The summed E-state index contributed by atoms with van der Waals surface area (Å²) in [7, 11) is 0. The molecular weight excluding hydrogens is 416 g/mol. The second-order valence-corrected chi connectivity index (χ2v) is 9.75. The predicted octanol–water partition coefficient (Wildman–Crippen LogP) is 6.99. The first-order chi connectivity index (χ1) is 15.6. The van der Waals surface area contributed by atoms with Crippen LogP contribution in [-0.2, 0) is 19.5 Å². The van der Waals surface area contributed by atoms with Crippen molar-refractivity contribution < 1.29 is 0 Å². The fraction of sp³-hybridized carbons (Fsp3) is 0.407. The third-order valence-electron chi connectivity index (χ3n) is 6.98. The van der Waals surface area contributed by atoms with Gasteiger partial charge in [0.05, 0.1) is 17.6 Å². The van der Waals surface area contributed by atoms with E-state index in [0.717, 1.165) is 46.1 Å². The topological polar surface area (TPSA) is 35.6 Å². The lowest BCUT2D eigenvalue weighted by atomic mass is 9.80. The summed E-state index contributed by atoms with van der Waals surface area (Å²) in [5, 5.41) is 0.720. The number of hydrogen-bond donors (Lipinski definition) is 0. The highest BCUT2D eigenvalue weighted by atomic mass is 35.5. The normalized spacial score (nSPS) is 19.0. The largest absolute Gasteiger partial charge is 0.327 e.